The Morgan fingerprint density at radius 3 is 2.00 bits per heavy atom. The van der Waals surface area contributed by atoms with Crippen LogP contribution in [0.5, 0.6) is 0 Å². The lowest BCUT2D eigenvalue weighted by atomic mass is 11.3. The van der Waals surface area contributed by atoms with E-state index in [1.165, 1.54) is 18.8 Å². The van der Waals surface area contributed by atoms with E-state index < -0.39 is 16.3 Å². The summed E-state index contributed by atoms with van der Waals surface area (Å²) in [5, 5.41) is 7.98. The molecule has 10 heavy (non-hydrogen) atoms. The SMILES string of the molecule is CN(C)S(=O)(=O)NC(=O)O. The van der Waals surface area contributed by atoms with E-state index in [0.29, 0.717) is 0 Å². The summed E-state index contributed by atoms with van der Waals surface area (Å²) in [5.41, 5.74) is 0. The highest BCUT2D eigenvalue weighted by Gasteiger charge is 2.14. The van der Waals surface area contributed by atoms with Gasteiger partial charge in [0.1, 0.15) is 0 Å². The number of nitrogens with one attached hydrogen (secondary N) is 1. The molecule has 0 aromatic rings. The van der Waals surface area contributed by atoms with E-state index in [1.54, 1.807) is 0 Å². The lowest BCUT2D eigenvalue weighted by Gasteiger charge is -2.08. The molecule has 0 aliphatic rings. The monoisotopic (exact) mass is 168 g/mol. The summed E-state index contributed by atoms with van der Waals surface area (Å²) in [6, 6.07) is 0. The number of nitrogens with zero attached hydrogens (tertiary/aromatic N) is 1. The third-order valence-corrected chi connectivity index (χ3v) is 2.09. The molecule has 0 fully saturated rings. The maximum atomic E-state index is 10.6. The molecule has 0 spiro atoms. The van der Waals surface area contributed by atoms with Crippen molar-refractivity contribution >= 4 is 16.3 Å². The highest BCUT2D eigenvalue weighted by molar-refractivity contribution is 7.87. The second kappa shape index (κ2) is 2.84. The fraction of sp³-hybridized carbons (Fsp3) is 0.667. The number of amides is 1. The zero-order chi connectivity index (χ0) is 8.36. The molecular formula is C3H8N2O4S. The third-order valence-electron chi connectivity index (χ3n) is 0.697. The Kier molecular flexibility index (Phi) is 2.61. The van der Waals surface area contributed by atoms with Gasteiger partial charge in [-0.2, -0.15) is 12.7 Å². The van der Waals surface area contributed by atoms with Gasteiger partial charge < -0.3 is 5.11 Å². The first kappa shape index (κ1) is 9.18. The minimum absolute atomic E-state index is 0.765. The molecule has 0 saturated carbocycles. The minimum Gasteiger partial charge on any atom is -0.464 e. The highest BCUT2D eigenvalue weighted by Crippen LogP contribution is 1.86. The van der Waals surface area contributed by atoms with Crippen molar-refractivity contribution in [2.45, 2.75) is 0 Å². The van der Waals surface area contributed by atoms with Gasteiger partial charge in [-0.05, 0) is 0 Å². The molecule has 60 valence electrons. The fourth-order valence-electron chi connectivity index (χ4n) is 0.202. The molecule has 0 bridgehead atoms. The average molecular weight is 168 g/mol. The van der Waals surface area contributed by atoms with E-state index in [4.69, 9.17) is 5.11 Å². The van der Waals surface area contributed by atoms with E-state index in [2.05, 4.69) is 0 Å². The molecule has 6 nitrogen and oxygen atoms in total. The van der Waals surface area contributed by atoms with Crippen molar-refractivity contribution in [3.8, 4) is 0 Å². The molecule has 7 heteroatoms. The molecule has 0 aliphatic carbocycles. The Bertz CT molecular complexity index is 219. The van der Waals surface area contributed by atoms with Crippen LogP contribution in [-0.4, -0.2) is 38.0 Å². The molecule has 0 saturated heterocycles. The molecule has 2 N–H and O–H groups in total. The van der Waals surface area contributed by atoms with E-state index in [9.17, 15) is 13.2 Å². The van der Waals surface area contributed by atoms with Gasteiger partial charge in [-0.25, -0.2) is 9.52 Å². The first-order valence-electron chi connectivity index (χ1n) is 2.29. The zero-order valence-electron chi connectivity index (χ0n) is 5.53. The third kappa shape index (κ3) is 2.65. The number of hydrogen-bond acceptors (Lipinski definition) is 3. The van der Waals surface area contributed by atoms with Crippen LogP contribution in [0.25, 0.3) is 0 Å². The van der Waals surface area contributed by atoms with Crippen molar-refractivity contribution in [3.63, 3.8) is 0 Å². The molecule has 0 radical (unpaired) electrons. The van der Waals surface area contributed by atoms with Gasteiger partial charge in [0.25, 0.3) is 0 Å². The second-order valence-electron chi connectivity index (χ2n) is 1.69. The largest absolute Gasteiger partial charge is 0.464 e. The van der Waals surface area contributed by atoms with Crippen molar-refractivity contribution < 1.29 is 18.3 Å². The van der Waals surface area contributed by atoms with Crippen LogP contribution in [0.15, 0.2) is 0 Å². The minimum atomic E-state index is -3.81. The number of carbonyl (C=O) groups is 1. The van der Waals surface area contributed by atoms with Gasteiger partial charge in [-0.3, -0.25) is 0 Å². The number of rotatable bonds is 2. The molecule has 0 aromatic heterocycles. The summed E-state index contributed by atoms with van der Waals surface area (Å²) in [7, 11) is -1.36. The van der Waals surface area contributed by atoms with E-state index in [-0.39, 0.29) is 0 Å². The molecule has 0 heterocycles. The lowest BCUT2D eigenvalue weighted by Crippen LogP contribution is -2.38. The standard InChI is InChI=1S/C3H8N2O4S/c1-5(2)10(8,9)4-3(6)7/h4H,1-2H3,(H,6,7). The van der Waals surface area contributed by atoms with Gasteiger partial charge in [0.05, 0.1) is 0 Å². The molecule has 0 aromatic carbocycles. The van der Waals surface area contributed by atoms with Crippen LogP contribution in [0, 0.1) is 0 Å². The molecule has 1 amide bonds. The summed E-state index contributed by atoms with van der Waals surface area (Å²) < 4.78 is 23.2. The molecular weight excluding hydrogens is 160 g/mol. The van der Waals surface area contributed by atoms with Crippen LogP contribution in [0.3, 0.4) is 0 Å². The summed E-state index contributed by atoms with van der Waals surface area (Å²) in [4.78, 5) is 9.80. The average Bonchev–Trinajstić information content (AvgIpc) is 1.60. The Morgan fingerprint density at radius 1 is 1.50 bits per heavy atom. The first-order chi connectivity index (χ1) is 4.36. The Hall–Kier alpha value is -0.820. The van der Waals surface area contributed by atoms with Crippen LogP contribution >= 0.6 is 0 Å². The summed E-state index contributed by atoms with van der Waals surface area (Å²) in [6.07, 6.45) is -1.59. The number of hydrogen-bond donors (Lipinski definition) is 2. The molecule has 0 rings (SSSR count). The lowest BCUT2D eigenvalue weighted by molar-refractivity contribution is 0.200. The Morgan fingerprint density at radius 2 is 1.90 bits per heavy atom. The van der Waals surface area contributed by atoms with E-state index >= 15 is 0 Å². The van der Waals surface area contributed by atoms with Gasteiger partial charge >= 0.3 is 16.3 Å². The predicted molar refractivity (Wildman–Crippen MR) is 33.8 cm³/mol. The topological polar surface area (TPSA) is 86.7 Å². The van der Waals surface area contributed by atoms with Gasteiger partial charge in [-0.15, -0.1) is 0 Å². The highest BCUT2D eigenvalue weighted by atomic mass is 32.2. The van der Waals surface area contributed by atoms with Gasteiger partial charge in [-0.1, -0.05) is 0 Å². The zero-order valence-corrected chi connectivity index (χ0v) is 6.34. The summed E-state index contributed by atoms with van der Waals surface area (Å²) in [5.74, 6) is 0. The van der Waals surface area contributed by atoms with Crippen LogP contribution in [0.2, 0.25) is 0 Å². The van der Waals surface area contributed by atoms with E-state index in [1.807, 2.05) is 0 Å². The molecule has 0 aliphatic heterocycles. The van der Waals surface area contributed by atoms with Crippen molar-refractivity contribution in [2.75, 3.05) is 14.1 Å². The maximum Gasteiger partial charge on any atom is 0.419 e. The number of carboxylic acid groups (broad SMARTS) is 1. The normalized spacial score (nSPS) is 11.5. The Balaban J connectivity index is 4.31. The van der Waals surface area contributed by atoms with Crippen LogP contribution in [-0.2, 0) is 10.2 Å². The molecule has 0 atom stereocenters. The maximum absolute atomic E-state index is 10.6. The second-order valence-corrected chi connectivity index (χ2v) is 3.58. The van der Waals surface area contributed by atoms with Crippen molar-refractivity contribution in [1.29, 1.82) is 0 Å². The predicted octanol–water partition coefficient (Wildman–Crippen LogP) is -0.940. The van der Waals surface area contributed by atoms with Crippen LogP contribution < -0.4 is 4.72 Å². The first-order valence-corrected chi connectivity index (χ1v) is 3.73. The van der Waals surface area contributed by atoms with Crippen LogP contribution in [0.1, 0.15) is 0 Å². The Labute approximate surface area is 58.6 Å². The molecule has 0 unspecified atom stereocenters. The van der Waals surface area contributed by atoms with Crippen molar-refractivity contribution in [3.05, 3.63) is 0 Å². The van der Waals surface area contributed by atoms with E-state index in [0.717, 1.165) is 4.31 Å². The fourth-order valence-corrected chi connectivity index (χ4v) is 0.605. The summed E-state index contributed by atoms with van der Waals surface area (Å²) in [6.45, 7) is 0. The van der Waals surface area contributed by atoms with Crippen molar-refractivity contribution in [2.24, 2.45) is 0 Å². The quantitative estimate of drug-likeness (QED) is 0.557. The smallest absolute Gasteiger partial charge is 0.419 e. The summed E-state index contributed by atoms with van der Waals surface area (Å²) >= 11 is 0. The van der Waals surface area contributed by atoms with Gasteiger partial charge in [0.15, 0.2) is 0 Å². The van der Waals surface area contributed by atoms with Crippen molar-refractivity contribution in [1.82, 2.24) is 9.03 Å². The van der Waals surface area contributed by atoms with Gasteiger partial charge in [0, 0.05) is 14.1 Å². The van der Waals surface area contributed by atoms with Crippen LogP contribution in [0.4, 0.5) is 4.79 Å². The van der Waals surface area contributed by atoms with Gasteiger partial charge in [0.2, 0.25) is 0 Å².